The molecule has 4 aromatic rings. The Hall–Kier alpha value is -6.02. The van der Waals surface area contributed by atoms with Gasteiger partial charge in [-0.3, -0.25) is 4.79 Å². The molecule has 2 aliphatic rings. The molecule has 4 atom stereocenters. The van der Waals surface area contributed by atoms with E-state index in [-0.39, 0.29) is 51.2 Å². The van der Waals surface area contributed by atoms with Crippen molar-refractivity contribution in [1.29, 1.82) is 0 Å². The van der Waals surface area contributed by atoms with E-state index in [9.17, 15) is 45.3 Å². The molecule has 7 N–H and O–H groups in total. The summed E-state index contributed by atoms with van der Waals surface area (Å²) in [5.74, 6) is -4.72. The highest BCUT2D eigenvalue weighted by molar-refractivity contribution is 6.05. The molecular formula is C32H26O14. The zero-order valence-electron chi connectivity index (χ0n) is 23.8. The molecule has 0 aliphatic carbocycles. The van der Waals surface area contributed by atoms with Crippen molar-refractivity contribution in [3.8, 4) is 57.5 Å². The summed E-state index contributed by atoms with van der Waals surface area (Å²) < 4.78 is 28.9. The van der Waals surface area contributed by atoms with Crippen molar-refractivity contribution in [2.24, 2.45) is 0 Å². The van der Waals surface area contributed by atoms with Gasteiger partial charge < -0.3 is 59.4 Å². The van der Waals surface area contributed by atoms with E-state index >= 15 is 0 Å². The molecular weight excluding hydrogens is 608 g/mol. The number of hydrogen-bond acceptors (Lipinski definition) is 14. The lowest BCUT2D eigenvalue weighted by molar-refractivity contribution is -0.0259. The normalized spacial score (nSPS) is 19.9. The Kier molecular flexibility index (Phi) is 7.49. The number of ether oxygens (including phenoxy) is 5. The van der Waals surface area contributed by atoms with Crippen molar-refractivity contribution in [2.45, 2.75) is 24.4 Å². The van der Waals surface area contributed by atoms with Crippen LogP contribution >= 0.6 is 0 Å². The Morgan fingerprint density at radius 1 is 0.739 bits per heavy atom. The summed E-state index contributed by atoms with van der Waals surface area (Å²) in [5, 5.41) is 70.1. The maximum Gasteiger partial charge on any atom is 0.338 e. The molecule has 2 aliphatic heterocycles. The summed E-state index contributed by atoms with van der Waals surface area (Å²) in [7, 11) is 1.36. The van der Waals surface area contributed by atoms with Gasteiger partial charge >= 0.3 is 5.97 Å². The first-order valence-corrected chi connectivity index (χ1v) is 13.7. The number of phenols is 6. The predicted octanol–water partition coefficient (Wildman–Crippen LogP) is 3.34. The fourth-order valence-corrected chi connectivity index (χ4v) is 5.23. The van der Waals surface area contributed by atoms with Crippen LogP contribution in [0, 0.1) is 0 Å². The molecule has 14 heteroatoms. The first kappa shape index (κ1) is 30.0. The zero-order chi connectivity index (χ0) is 32.9. The number of aliphatic hydroxyl groups is 1. The fourth-order valence-electron chi connectivity index (χ4n) is 5.23. The topological polar surface area (TPSA) is 222 Å². The number of benzene rings is 4. The van der Waals surface area contributed by atoms with Gasteiger partial charge in [-0.15, -0.1) is 0 Å². The van der Waals surface area contributed by atoms with Crippen molar-refractivity contribution in [1.82, 2.24) is 0 Å². The van der Waals surface area contributed by atoms with Crippen LogP contribution in [-0.4, -0.2) is 73.4 Å². The molecule has 6 rings (SSSR count). The number of Topliss-reactive ketones (excluding diaryl/α,β-unsaturated/α-hetero) is 1. The highest BCUT2D eigenvalue weighted by Crippen LogP contribution is 2.46. The molecule has 14 nitrogen and oxygen atoms in total. The van der Waals surface area contributed by atoms with Crippen molar-refractivity contribution >= 4 is 11.8 Å². The molecule has 0 spiro atoms. The number of aliphatic hydroxyl groups excluding tert-OH is 1. The van der Waals surface area contributed by atoms with Crippen LogP contribution in [0.25, 0.3) is 0 Å². The molecule has 0 saturated heterocycles. The number of carbonyl (C=O) groups excluding carboxylic acids is 2. The first-order chi connectivity index (χ1) is 21.9. The summed E-state index contributed by atoms with van der Waals surface area (Å²) in [6, 6.07) is 12.8. The average Bonchev–Trinajstić information content (AvgIpc) is 3.03. The molecule has 4 aromatic carbocycles. The SMILES string of the molecule is COc1cc(C2Oc3cc([C@H]4Oc5cc(O)cc(O)c5C(=O)[C@@H]4O)ccc3OC2COC(=O)c2cc(O)c(O)c(O)c2)ccc1O. The molecule has 0 amide bonds. The average molecular weight is 635 g/mol. The highest BCUT2D eigenvalue weighted by Gasteiger charge is 2.41. The minimum atomic E-state index is -1.71. The minimum Gasteiger partial charge on any atom is -0.508 e. The van der Waals surface area contributed by atoms with Crippen LogP contribution < -0.4 is 18.9 Å². The van der Waals surface area contributed by atoms with Gasteiger partial charge in [0.15, 0.2) is 64.7 Å². The lowest BCUT2D eigenvalue weighted by Crippen LogP contribution is -2.38. The van der Waals surface area contributed by atoms with Gasteiger partial charge in [0, 0.05) is 17.7 Å². The number of phenolic OH excluding ortho intramolecular Hbond substituents is 6. The van der Waals surface area contributed by atoms with E-state index in [4.69, 9.17) is 23.7 Å². The Morgan fingerprint density at radius 3 is 2.13 bits per heavy atom. The third-order valence-electron chi connectivity index (χ3n) is 7.50. The van der Waals surface area contributed by atoms with E-state index in [1.54, 1.807) is 0 Å². The molecule has 2 unspecified atom stereocenters. The van der Waals surface area contributed by atoms with Crippen molar-refractivity contribution < 1.29 is 69.0 Å². The van der Waals surface area contributed by atoms with E-state index in [0.717, 1.165) is 24.3 Å². The molecule has 0 radical (unpaired) electrons. The summed E-state index contributed by atoms with van der Waals surface area (Å²) in [4.78, 5) is 25.7. The highest BCUT2D eigenvalue weighted by atomic mass is 16.6. The van der Waals surface area contributed by atoms with Gasteiger partial charge in [-0.1, -0.05) is 12.1 Å². The standard InChI is InChI=1S/C32H26O14/c1-42-22-8-13(2-4-17(22)34)30-25(12-43-32(41)15-6-19(36)27(38)20(37)7-15)44-21-5-3-14(9-23(21)45-30)31-29(40)28(39)26-18(35)10-16(33)11-24(26)46-31/h2-11,25,29-31,33-38,40H,12H2,1H3/t25?,29-,30?,31+/m0/s1. The largest absolute Gasteiger partial charge is 0.508 e. The smallest absolute Gasteiger partial charge is 0.338 e. The lowest BCUT2D eigenvalue weighted by Gasteiger charge is -2.35. The van der Waals surface area contributed by atoms with Gasteiger partial charge in [-0.05, 0) is 42.0 Å². The molecule has 46 heavy (non-hydrogen) atoms. The second-order valence-corrected chi connectivity index (χ2v) is 10.5. The Labute approximate surface area is 259 Å². The van der Waals surface area contributed by atoms with Gasteiger partial charge in [-0.2, -0.15) is 0 Å². The van der Waals surface area contributed by atoms with E-state index in [0.29, 0.717) is 5.56 Å². The quantitative estimate of drug-likeness (QED) is 0.119. The summed E-state index contributed by atoms with van der Waals surface area (Å²) in [5.41, 5.74) is 0.211. The van der Waals surface area contributed by atoms with Crippen LogP contribution in [0.2, 0.25) is 0 Å². The second-order valence-electron chi connectivity index (χ2n) is 10.5. The molecule has 0 saturated carbocycles. The second kappa shape index (κ2) is 11.5. The molecule has 0 bridgehead atoms. The van der Waals surface area contributed by atoms with Gasteiger partial charge in [0.2, 0.25) is 5.78 Å². The zero-order valence-corrected chi connectivity index (χ0v) is 23.8. The van der Waals surface area contributed by atoms with Gasteiger partial charge in [0.1, 0.15) is 29.4 Å². The molecule has 238 valence electrons. The number of aromatic hydroxyl groups is 6. The number of rotatable bonds is 6. The van der Waals surface area contributed by atoms with Crippen molar-refractivity contribution in [3.05, 3.63) is 82.9 Å². The molecule has 2 heterocycles. The minimum absolute atomic E-state index is 0.119. The van der Waals surface area contributed by atoms with E-state index in [1.807, 2.05) is 0 Å². The van der Waals surface area contributed by atoms with Crippen LogP contribution in [-0.2, 0) is 4.74 Å². The number of carbonyl (C=O) groups is 2. The number of ketones is 1. The molecule has 0 aromatic heterocycles. The third-order valence-corrected chi connectivity index (χ3v) is 7.50. The van der Waals surface area contributed by atoms with Gasteiger partial charge in [-0.25, -0.2) is 4.79 Å². The molecule has 0 fully saturated rings. The number of methoxy groups -OCH3 is 1. The lowest BCUT2D eigenvalue weighted by atomic mass is 9.92. The Morgan fingerprint density at radius 2 is 1.41 bits per heavy atom. The Bertz CT molecular complexity index is 1850. The number of esters is 1. The predicted molar refractivity (Wildman–Crippen MR) is 154 cm³/mol. The van der Waals surface area contributed by atoms with Crippen molar-refractivity contribution in [3.63, 3.8) is 0 Å². The fraction of sp³-hybridized carbons (Fsp3) is 0.188. The Balaban J connectivity index is 1.31. The number of hydrogen-bond donors (Lipinski definition) is 7. The monoisotopic (exact) mass is 634 g/mol. The maximum atomic E-state index is 12.9. The summed E-state index contributed by atoms with van der Waals surface area (Å²) >= 11 is 0. The van der Waals surface area contributed by atoms with E-state index in [1.165, 1.54) is 43.5 Å². The third kappa shape index (κ3) is 5.30. The van der Waals surface area contributed by atoms with Crippen LogP contribution in [0.5, 0.6) is 57.5 Å². The van der Waals surface area contributed by atoms with Crippen LogP contribution in [0.4, 0.5) is 0 Å². The van der Waals surface area contributed by atoms with Crippen LogP contribution in [0.3, 0.4) is 0 Å². The van der Waals surface area contributed by atoms with Crippen LogP contribution in [0.15, 0.2) is 60.7 Å². The number of fused-ring (bicyclic) bond motifs is 2. The van der Waals surface area contributed by atoms with Crippen LogP contribution in [0.1, 0.15) is 44.1 Å². The summed E-state index contributed by atoms with van der Waals surface area (Å²) in [6.07, 6.45) is -4.94. The van der Waals surface area contributed by atoms with E-state index < -0.39 is 65.8 Å². The first-order valence-electron chi connectivity index (χ1n) is 13.7. The summed E-state index contributed by atoms with van der Waals surface area (Å²) in [6.45, 7) is -0.404. The van der Waals surface area contributed by atoms with Gasteiger partial charge in [0.05, 0.1) is 12.7 Å². The van der Waals surface area contributed by atoms with E-state index in [2.05, 4.69) is 0 Å². The van der Waals surface area contributed by atoms with Gasteiger partial charge in [0.25, 0.3) is 0 Å². The van der Waals surface area contributed by atoms with Crippen molar-refractivity contribution in [2.75, 3.05) is 13.7 Å². The maximum absolute atomic E-state index is 12.9.